The number of nitrogens with zero attached hydrogens (tertiary/aromatic N) is 4. The van der Waals surface area contributed by atoms with Crippen molar-refractivity contribution in [3.05, 3.63) is 52.0 Å². The predicted octanol–water partition coefficient (Wildman–Crippen LogP) is 7.29. The molecule has 0 unspecified atom stereocenters. The first kappa shape index (κ1) is 28.8. The van der Waals surface area contributed by atoms with Gasteiger partial charge in [0.05, 0.1) is 11.0 Å². The average Bonchev–Trinajstić information content (AvgIpc) is 3.55. The van der Waals surface area contributed by atoms with Crippen molar-refractivity contribution < 1.29 is 4.79 Å². The first-order valence-electron chi connectivity index (χ1n) is 14.9. The third-order valence-electron chi connectivity index (χ3n) is 7.79. The number of aryl methyl sites for hydroxylation is 3. The molecule has 0 bridgehead atoms. The Morgan fingerprint density at radius 3 is 2.37 bits per heavy atom. The highest BCUT2D eigenvalue weighted by molar-refractivity contribution is 7.09. The van der Waals surface area contributed by atoms with Crippen LogP contribution in [-0.2, 0) is 19.4 Å². The number of aromatic nitrogens is 2. The normalized spacial score (nSPS) is 14.7. The molecule has 2 aromatic heterocycles. The van der Waals surface area contributed by atoms with Gasteiger partial charge in [0.1, 0.15) is 5.82 Å². The Kier molecular flexibility index (Phi) is 10.8. The third-order valence-corrected chi connectivity index (χ3v) is 8.73. The molecule has 1 aliphatic rings. The molecule has 1 aliphatic heterocycles. The molecule has 1 saturated heterocycles. The van der Waals surface area contributed by atoms with Crippen LogP contribution < -0.4 is 0 Å². The maximum atomic E-state index is 13.7. The van der Waals surface area contributed by atoms with Crippen LogP contribution in [0.25, 0.3) is 11.0 Å². The lowest BCUT2D eigenvalue weighted by atomic mass is 10.1. The second-order valence-electron chi connectivity index (χ2n) is 11.9. The fourth-order valence-electron chi connectivity index (χ4n) is 5.40. The molecule has 5 nitrogen and oxygen atoms in total. The van der Waals surface area contributed by atoms with Gasteiger partial charge in [-0.25, -0.2) is 4.98 Å². The second kappa shape index (κ2) is 14.3. The molecule has 3 aromatic rings. The van der Waals surface area contributed by atoms with Crippen LogP contribution in [0.5, 0.6) is 0 Å². The van der Waals surface area contributed by atoms with E-state index in [1.54, 1.807) is 0 Å². The molecule has 0 atom stereocenters. The van der Waals surface area contributed by atoms with E-state index in [4.69, 9.17) is 4.98 Å². The van der Waals surface area contributed by atoms with Crippen molar-refractivity contribution in [3.63, 3.8) is 0 Å². The first-order chi connectivity index (χ1) is 18.4. The van der Waals surface area contributed by atoms with Gasteiger partial charge in [0.25, 0.3) is 5.91 Å². The third kappa shape index (κ3) is 8.16. The van der Waals surface area contributed by atoms with E-state index in [-0.39, 0.29) is 5.91 Å². The number of rotatable bonds is 14. The van der Waals surface area contributed by atoms with Crippen molar-refractivity contribution in [2.24, 2.45) is 11.8 Å². The molecule has 208 valence electrons. The number of likely N-dealkylation sites (tertiary alicyclic amines) is 1. The number of amides is 1. The van der Waals surface area contributed by atoms with E-state index in [0.29, 0.717) is 11.8 Å². The number of piperidine rings is 1. The molecule has 0 N–H and O–H groups in total. The number of imidazole rings is 1. The van der Waals surface area contributed by atoms with E-state index in [1.807, 2.05) is 17.4 Å². The van der Waals surface area contributed by atoms with E-state index < -0.39 is 0 Å². The minimum atomic E-state index is 0.161. The minimum Gasteiger partial charge on any atom is -0.339 e. The predicted molar refractivity (Wildman–Crippen MR) is 161 cm³/mol. The Morgan fingerprint density at radius 1 is 0.974 bits per heavy atom. The van der Waals surface area contributed by atoms with Crippen molar-refractivity contribution in [1.82, 2.24) is 19.4 Å². The fourth-order valence-corrected chi connectivity index (χ4v) is 6.11. The van der Waals surface area contributed by atoms with E-state index in [2.05, 4.69) is 71.7 Å². The maximum Gasteiger partial charge on any atom is 0.253 e. The molecule has 0 saturated carbocycles. The quantitative estimate of drug-likeness (QED) is 0.217. The summed E-state index contributed by atoms with van der Waals surface area (Å²) in [6, 6.07) is 10.5. The number of benzene rings is 1. The van der Waals surface area contributed by atoms with Crippen LogP contribution in [0, 0.1) is 11.8 Å². The van der Waals surface area contributed by atoms with Crippen LogP contribution >= 0.6 is 11.3 Å². The van der Waals surface area contributed by atoms with Crippen molar-refractivity contribution in [3.8, 4) is 0 Å². The van der Waals surface area contributed by atoms with Gasteiger partial charge in [-0.15, -0.1) is 11.3 Å². The Labute approximate surface area is 234 Å². The summed E-state index contributed by atoms with van der Waals surface area (Å²) in [6.45, 7) is 15.1. The summed E-state index contributed by atoms with van der Waals surface area (Å²) in [6.07, 6.45) is 9.16. The van der Waals surface area contributed by atoms with Gasteiger partial charge in [0.15, 0.2) is 0 Å². The van der Waals surface area contributed by atoms with Gasteiger partial charge in [-0.3, -0.25) is 4.79 Å². The monoisotopic (exact) mass is 536 g/mol. The zero-order chi connectivity index (χ0) is 26.9. The molecule has 6 heteroatoms. The molecular formula is C32H48N4OS. The van der Waals surface area contributed by atoms with Gasteiger partial charge in [-0.05, 0) is 99.6 Å². The molecule has 3 heterocycles. The molecule has 38 heavy (non-hydrogen) atoms. The number of thiophene rings is 1. The summed E-state index contributed by atoms with van der Waals surface area (Å²) in [7, 11) is 0. The maximum absolute atomic E-state index is 13.7. The number of carbonyl (C=O) groups is 1. The smallest absolute Gasteiger partial charge is 0.253 e. The fraction of sp³-hybridized carbons (Fsp3) is 0.625. The number of hydrogen-bond donors (Lipinski definition) is 0. The van der Waals surface area contributed by atoms with Crippen LogP contribution in [0.4, 0.5) is 0 Å². The van der Waals surface area contributed by atoms with Gasteiger partial charge in [0, 0.05) is 36.5 Å². The van der Waals surface area contributed by atoms with Gasteiger partial charge in [-0.1, -0.05) is 40.2 Å². The Hall–Kier alpha value is -2.18. The first-order valence-corrected chi connectivity index (χ1v) is 15.8. The van der Waals surface area contributed by atoms with Crippen LogP contribution in [0.15, 0.2) is 35.7 Å². The summed E-state index contributed by atoms with van der Waals surface area (Å²) < 4.78 is 2.41. The zero-order valence-electron chi connectivity index (χ0n) is 24.1. The highest BCUT2D eigenvalue weighted by atomic mass is 32.1. The topological polar surface area (TPSA) is 41.4 Å². The average molecular weight is 537 g/mol. The molecule has 0 spiro atoms. The molecule has 4 rings (SSSR count). The Morgan fingerprint density at radius 2 is 1.71 bits per heavy atom. The van der Waals surface area contributed by atoms with Crippen molar-refractivity contribution in [1.29, 1.82) is 0 Å². The van der Waals surface area contributed by atoms with Crippen LogP contribution in [0.1, 0.15) is 87.3 Å². The van der Waals surface area contributed by atoms with Crippen LogP contribution in [0.2, 0.25) is 0 Å². The van der Waals surface area contributed by atoms with Crippen LogP contribution in [-0.4, -0.2) is 58.0 Å². The molecule has 1 aromatic carbocycles. The van der Waals surface area contributed by atoms with Gasteiger partial charge < -0.3 is 14.4 Å². The number of carbonyl (C=O) groups excluding carboxylic acids is 1. The lowest BCUT2D eigenvalue weighted by Gasteiger charge is -2.26. The molecule has 1 amide bonds. The highest BCUT2D eigenvalue weighted by Gasteiger charge is 2.20. The van der Waals surface area contributed by atoms with E-state index in [0.717, 1.165) is 80.7 Å². The molecular weight excluding hydrogens is 488 g/mol. The van der Waals surface area contributed by atoms with Gasteiger partial charge >= 0.3 is 0 Å². The minimum absolute atomic E-state index is 0.161. The lowest BCUT2D eigenvalue weighted by Crippen LogP contribution is -2.34. The standard InChI is InChI=1S/C32H48N4OS/c1-25(2)15-21-35(22-16-26(3)4)32(37)27-11-13-29-30(24-27)36(20-9-19-34-17-6-5-7-18-34)31(33-29)14-12-28-10-8-23-38-28/h8,10-11,13,23-26H,5-7,9,12,14-22H2,1-4H3. The van der Waals surface area contributed by atoms with Gasteiger partial charge in [0.2, 0.25) is 0 Å². The summed E-state index contributed by atoms with van der Waals surface area (Å²) in [5.74, 6) is 2.47. The second-order valence-corrected chi connectivity index (χ2v) is 12.9. The van der Waals surface area contributed by atoms with E-state index in [9.17, 15) is 4.79 Å². The summed E-state index contributed by atoms with van der Waals surface area (Å²) in [5.41, 5.74) is 2.92. The van der Waals surface area contributed by atoms with Crippen LogP contribution in [0.3, 0.4) is 0 Å². The summed E-state index contributed by atoms with van der Waals surface area (Å²) in [5, 5.41) is 2.15. The molecule has 0 radical (unpaired) electrons. The van der Waals surface area contributed by atoms with E-state index >= 15 is 0 Å². The SMILES string of the molecule is CC(C)CCN(CCC(C)C)C(=O)c1ccc2nc(CCc3cccs3)n(CCCN3CCCCC3)c2c1. The van der Waals surface area contributed by atoms with Crippen molar-refractivity contribution >= 4 is 28.3 Å². The Balaban J connectivity index is 1.56. The van der Waals surface area contributed by atoms with E-state index in [1.165, 1.54) is 37.2 Å². The Bertz CT molecular complexity index is 1120. The summed E-state index contributed by atoms with van der Waals surface area (Å²) in [4.78, 5) is 24.9. The highest BCUT2D eigenvalue weighted by Crippen LogP contribution is 2.23. The van der Waals surface area contributed by atoms with Crippen molar-refractivity contribution in [2.45, 2.75) is 85.6 Å². The summed E-state index contributed by atoms with van der Waals surface area (Å²) >= 11 is 1.82. The zero-order valence-corrected chi connectivity index (χ0v) is 24.9. The number of hydrogen-bond acceptors (Lipinski definition) is 4. The van der Waals surface area contributed by atoms with Crippen molar-refractivity contribution in [2.75, 3.05) is 32.7 Å². The largest absolute Gasteiger partial charge is 0.339 e. The number of fused-ring (bicyclic) bond motifs is 1. The van der Waals surface area contributed by atoms with Gasteiger partial charge in [-0.2, -0.15) is 0 Å². The molecule has 1 fully saturated rings. The molecule has 0 aliphatic carbocycles. The lowest BCUT2D eigenvalue weighted by molar-refractivity contribution is 0.0741.